The van der Waals surface area contributed by atoms with E-state index < -0.39 is 0 Å². The van der Waals surface area contributed by atoms with Gasteiger partial charge in [0.1, 0.15) is 6.04 Å². The summed E-state index contributed by atoms with van der Waals surface area (Å²) in [5, 5.41) is 2.63. The van der Waals surface area contributed by atoms with Gasteiger partial charge in [-0.25, -0.2) is 0 Å². The predicted molar refractivity (Wildman–Crippen MR) is 45.4 cm³/mol. The maximum absolute atomic E-state index is 10.7. The molecule has 0 aromatic carbocycles. The second-order valence-electron chi connectivity index (χ2n) is 2.97. The Kier molecular flexibility index (Phi) is 4.04. The molecule has 1 amide bonds. The summed E-state index contributed by atoms with van der Waals surface area (Å²) in [5.74, 6) is 0.0329. The van der Waals surface area contributed by atoms with E-state index in [0.717, 1.165) is 6.42 Å². The van der Waals surface area contributed by atoms with E-state index in [4.69, 9.17) is 4.84 Å². The minimum absolute atomic E-state index is 0.0329. The highest BCUT2D eigenvalue weighted by Crippen LogP contribution is 1.96. The Morgan fingerprint density at radius 2 is 2.50 bits per heavy atom. The number of nitrogens with one attached hydrogen (secondary N) is 2. The third kappa shape index (κ3) is 2.79. The molecule has 1 fully saturated rings. The van der Waals surface area contributed by atoms with Crippen molar-refractivity contribution in [2.45, 2.75) is 32.2 Å². The second-order valence-corrected chi connectivity index (χ2v) is 2.97. The molecule has 0 spiro atoms. The average Bonchev–Trinajstić information content (AvgIpc) is 2.08. The molecule has 1 aliphatic rings. The number of hydrogen-bond donors (Lipinski definition) is 2. The molecule has 0 aromatic heterocycles. The summed E-state index contributed by atoms with van der Waals surface area (Å²) < 4.78 is 0. The van der Waals surface area contributed by atoms with Gasteiger partial charge in [0, 0.05) is 6.54 Å². The van der Waals surface area contributed by atoms with Crippen LogP contribution < -0.4 is 10.8 Å². The smallest absolute Gasteiger partial charge is 0.241 e. The van der Waals surface area contributed by atoms with E-state index in [1.807, 2.05) is 0 Å². The Bertz CT molecular complexity index is 150. The van der Waals surface area contributed by atoms with Crippen molar-refractivity contribution in [1.82, 2.24) is 10.8 Å². The summed E-state index contributed by atoms with van der Waals surface area (Å²) in [4.78, 5) is 15.8. The van der Waals surface area contributed by atoms with Crippen LogP contribution in [0.4, 0.5) is 0 Å². The van der Waals surface area contributed by atoms with Crippen LogP contribution in [0.1, 0.15) is 26.2 Å². The number of unbranched alkanes of at least 4 members (excludes halogenated alkanes) is 2. The lowest BCUT2D eigenvalue weighted by atomic mass is 10.2. The van der Waals surface area contributed by atoms with Gasteiger partial charge >= 0.3 is 0 Å². The highest BCUT2D eigenvalue weighted by molar-refractivity contribution is 5.87. The lowest BCUT2D eigenvalue weighted by molar-refractivity contribution is -0.134. The van der Waals surface area contributed by atoms with Gasteiger partial charge in [-0.05, 0) is 6.42 Å². The molecule has 12 heavy (non-hydrogen) atoms. The number of carbonyl (C=O) groups is 1. The zero-order valence-corrected chi connectivity index (χ0v) is 7.43. The molecule has 0 bridgehead atoms. The van der Waals surface area contributed by atoms with Crippen molar-refractivity contribution in [2.75, 3.05) is 13.2 Å². The van der Waals surface area contributed by atoms with Crippen molar-refractivity contribution in [3.8, 4) is 0 Å². The molecular weight excluding hydrogens is 156 g/mol. The third-order valence-corrected chi connectivity index (χ3v) is 1.87. The number of β-lactam (4-membered cyclic amide) rings is 1. The molecule has 0 aromatic rings. The van der Waals surface area contributed by atoms with Crippen LogP contribution in [0.3, 0.4) is 0 Å². The molecule has 70 valence electrons. The van der Waals surface area contributed by atoms with Crippen molar-refractivity contribution in [1.29, 1.82) is 0 Å². The Labute approximate surface area is 72.6 Å². The number of hydroxylamine groups is 1. The fraction of sp³-hybridized carbons (Fsp3) is 0.875. The quantitative estimate of drug-likeness (QED) is 0.342. The van der Waals surface area contributed by atoms with Gasteiger partial charge in [0.15, 0.2) is 0 Å². The van der Waals surface area contributed by atoms with E-state index in [9.17, 15) is 4.79 Å². The minimum atomic E-state index is -0.119. The first-order valence-electron chi connectivity index (χ1n) is 4.49. The fourth-order valence-corrected chi connectivity index (χ4v) is 0.966. The maximum atomic E-state index is 10.7. The van der Waals surface area contributed by atoms with E-state index in [0.29, 0.717) is 13.2 Å². The Morgan fingerprint density at radius 1 is 1.67 bits per heavy atom. The molecule has 2 N–H and O–H groups in total. The average molecular weight is 172 g/mol. The van der Waals surface area contributed by atoms with Gasteiger partial charge in [-0.3, -0.25) is 4.79 Å². The Balaban J connectivity index is 1.85. The second kappa shape index (κ2) is 5.11. The molecule has 0 aliphatic carbocycles. The van der Waals surface area contributed by atoms with Gasteiger partial charge in [-0.15, -0.1) is 0 Å². The largest absolute Gasteiger partial charge is 0.352 e. The zero-order valence-electron chi connectivity index (χ0n) is 7.43. The molecule has 0 radical (unpaired) electrons. The predicted octanol–water partition coefficient (Wildman–Crippen LogP) is 0.196. The van der Waals surface area contributed by atoms with Gasteiger partial charge in [-0.1, -0.05) is 19.8 Å². The molecule has 1 atom stereocenters. The summed E-state index contributed by atoms with van der Waals surface area (Å²) in [5.41, 5.74) is 2.72. The molecule has 1 unspecified atom stereocenters. The van der Waals surface area contributed by atoms with Crippen LogP contribution >= 0.6 is 0 Å². The lowest BCUT2D eigenvalue weighted by Crippen LogP contribution is -2.60. The molecule has 1 rings (SSSR count). The van der Waals surface area contributed by atoms with Crippen LogP contribution in [0.5, 0.6) is 0 Å². The van der Waals surface area contributed by atoms with Gasteiger partial charge in [0.05, 0.1) is 6.61 Å². The topological polar surface area (TPSA) is 50.4 Å². The minimum Gasteiger partial charge on any atom is -0.352 e. The van der Waals surface area contributed by atoms with Crippen LogP contribution in [0.15, 0.2) is 0 Å². The molecule has 4 heteroatoms. The molecule has 4 nitrogen and oxygen atoms in total. The number of rotatable bonds is 6. The van der Waals surface area contributed by atoms with Crippen molar-refractivity contribution < 1.29 is 9.63 Å². The van der Waals surface area contributed by atoms with E-state index in [2.05, 4.69) is 17.7 Å². The summed E-state index contributed by atoms with van der Waals surface area (Å²) in [6.07, 6.45) is 3.42. The van der Waals surface area contributed by atoms with E-state index >= 15 is 0 Å². The van der Waals surface area contributed by atoms with Gasteiger partial charge < -0.3 is 10.2 Å². The first-order valence-corrected chi connectivity index (χ1v) is 4.49. The van der Waals surface area contributed by atoms with Gasteiger partial charge in [-0.2, -0.15) is 5.48 Å². The Morgan fingerprint density at radius 3 is 3.00 bits per heavy atom. The number of hydrogen-bond acceptors (Lipinski definition) is 3. The summed E-state index contributed by atoms with van der Waals surface area (Å²) in [6, 6.07) is -0.119. The van der Waals surface area contributed by atoms with Gasteiger partial charge in [0.2, 0.25) is 5.91 Å². The summed E-state index contributed by atoms with van der Waals surface area (Å²) in [7, 11) is 0. The SMILES string of the molecule is CCCCCONC1CNC1=O. The monoisotopic (exact) mass is 172 g/mol. The first kappa shape index (κ1) is 9.48. The van der Waals surface area contributed by atoms with Crippen LogP contribution in [0.2, 0.25) is 0 Å². The summed E-state index contributed by atoms with van der Waals surface area (Å²) in [6.45, 7) is 3.52. The van der Waals surface area contributed by atoms with Crippen LogP contribution in [0.25, 0.3) is 0 Å². The molecular formula is C8H16N2O2. The summed E-state index contributed by atoms with van der Waals surface area (Å²) >= 11 is 0. The van der Waals surface area contributed by atoms with Crippen molar-refractivity contribution in [3.05, 3.63) is 0 Å². The van der Waals surface area contributed by atoms with E-state index in [1.165, 1.54) is 12.8 Å². The molecule has 1 saturated heterocycles. The van der Waals surface area contributed by atoms with E-state index in [1.54, 1.807) is 0 Å². The molecule has 1 heterocycles. The normalized spacial score (nSPS) is 21.8. The molecule has 1 aliphatic heterocycles. The van der Waals surface area contributed by atoms with Gasteiger partial charge in [0.25, 0.3) is 0 Å². The fourth-order valence-electron chi connectivity index (χ4n) is 0.966. The lowest BCUT2D eigenvalue weighted by Gasteiger charge is -2.26. The highest BCUT2D eigenvalue weighted by Gasteiger charge is 2.27. The third-order valence-electron chi connectivity index (χ3n) is 1.87. The van der Waals surface area contributed by atoms with E-state index in [-0.39, 0.29) is 11.9 Å². The first-order chi connectivity index (χ1) is 5.84. The standard InChI is InChI=1S/C8H16N2O2/c1-2-3-4-5-12-10-7-6-9-8(7)11/h7,10H,2-6H2,1H3,(H,9,11). The highest BCUT2D eigenvalue weighted by atomic mass is 16.6. The van der Waals surface area contributed by atoms with Crippen LogP contribution in [-0.4, -0.2) is 25.1 Å². The van der Waals surface area contributed by atoms with Crippen LogP contribution in [0, 0.1) is 0 Å². The van der Waals surface area contributed by atoms with Crippen LogP contribution in [-0.2, 0) is 9.63 Å². The maximum Gasteiger partial charge on any atom is 0.241 e. The zero-order chi connectivity index (χ0) is 8.81. The van der Waals surface area contributed by atoms with Crippen molar-refractivity contribution in [3.63, 3.8) is 0 Å². The van der Waals surface area contributed by atoms with Crippen molar-refractivity contribution >= 4 is 5.91 Å². The Hall–Kier alpha value is -0.610. The molecule has 0 saturated carbocycles. The van der Waals surface area contributed by atoms with Crippen molar-refractivity contribution in [2.24, 2.45) is 0 Å². The number of carbonyl (C=O) groups excluding carboxylic acids is 1. The number of amides is 1.